The zero-order valence-corrected chi connectivity index (χ0v) is 7.66. The molecule has 2 aromatic rings. The Morgan fingerprint density at radius 3 is 3.27 bits per heavy atom. The first-order chi connectivity index (χ1) is 5.27. The van der Waals surface area contributed by atoms with Crippen molar-refractivity contribution in [3.63, 3.8) is 0 Å². The molecule has 0 saturated carbocycles. The zero-order valence-electron chi connectivity index (χ0n) is 5.94. The van der Waals surface area contributed by atoms with Crippen LogP contribution >= 0.6 is 0 Å². The van der Waals surface area contributed by atoms with Crippen LogP contribution in [0.4, 0.5) is 0 Å². The molecule has 0 amide bonds. The van der Waals surface area contributed by atoms with Crippen molar-refractivity contribution in [2.45, 2.75) is 6.92 Å². The first kappa shape index (κ1) is 6.83. The van der Waals surface area contributed by atoms with Crippen LogP contribution in [0.1, 0.15) is 5.69 Å². The number of fused-ring (bicyclic) bond motifs is 1. The maximum atomic E-state index is 10.8. The molecular formula is C7H6N2OSe. The molecular weight excluding hydrogens is 207 g/mol. The molecule has 4 heteroatoms. The van der Waals surface area contributed by atoms with Crippen molar-refractivity contribution < 1.29 is 0 Å². The van der Waals surface area contributed by atoms with E-state index in [0.717, 1.165) is 4.52 Å². The summed E-state index contributed by atoms with van der Waals surface area (Å²) < 4.78 is 2.86. The predicted molar refractivity (Wildman–Crippen MR) is 43.1 cm³/mol. The van der Waals surface area contributed by atoms with Gasteiger partial charge in [0.1, 0.15) is 0 Å². The molecule has 0 saturated heterocycles. The van der Waals surface area contributed by atoms with Crippen LogP contribution in [0.5, 0.6) is 0 Å². The Bertz CT molecular complexity index is 443. The number of hydrogen-bond acceptors (Lipinski definition) is 2. The number of nitrogens with zero attached hydrogens (tertiary/aromatic N) is 2. The fourth-order valence-corrected chi connectivity index (χ4v) is 2.72. The average molecular weight is 213 g/mol. The third-order valence-corrected chi connectivity index (χ3v) is 3.50. The summed E-state index contributed by atoms with van der Waals surface area (Å²) in [5.41, 5.74) is 1.04. The Hall–Kier alpha value is -0.861. The van der Waals surface area contributed by atoms with Crippen LogP contribution in [0.2, 0.25) is 0 Å². The second kappa shape index (κ2) is 2.32. The molecule has 56 valence electrons. The second-order valence-electron chi connectivity index (χ2n) is 2.30. The van der Waals surface area contributed by atoms with Gasteiger partial charge in [0, 0.05) is 0 Å². The van der Waals surface area contributed by atoms with Crippen LogP contribution in [-0.4, -0.2) is 23.9 Å². The third-order valence-electron chi connectivity index (χ3n) is 1.49. The van der Waals surface area contributed by atoms with Crippen LogP contribution in [0.3, 0.4) is 0 Å². The van der Waals surface area contributed by atoms with Crippen LogP contribution in [0, 0.1) is 6.92 Å². The van der Waals surface area contributed by atoms with Crippen LogP contribution in [0.25, 0.3) is 4.52 Å². The van der Waals surface area contributed by atoms with Gasteiger partial charge in [-0.1, -0.05) is 0 Å². The second-order valence-corrected chi connectivity index (χ2v) is 4.05. The van der Waals surface area contributed by atoms with Crippen molar-refractivity contribution in [2.75, 3.05) is 0 Å². The monoisotopic (exact) mass is 214 g/mol. The summed E-state index contributed by atoms with van der Waals surface area (Å²) in [7, 11) is 0. The fraction of sp³-hybridized carbons (Fsp3) is 0.143. The van der Waals surface area contributed by atoms with Crippen LogP contribution < -0.4 is 5.56 Å². The van der Waals surface area contributed by atoms with E-state index in [1.807, 2.05) is 11.3 Å². The molecule has 0 aliphatic heterocycles. The van der Waals surface area contributed by atoms with Crippen molar-refractivity contribution in [2.24, 2.45) is 0 Å². The number of hydrogen-bond donors (Lipinski definition) is 0. The number of aromatic nitrogens is 2. The normalized spacial score (nSPS) is 10.6. The standard InChI is InChI=1S/C7H6N2OSe/c1-5-4-11-7-8-6(10)2-3-9(5)7/h2-4H,1H3. The first-order valence-electron chi connectivity index (χ1n) is 3.21. The van der Waals surface area contributed by atoms with Crippen LogP contribution in [0.15, 0.2) is 22.0 Å². The molecule has 0 N–H and O–H groups in total. The molecule has 0 unspecified atom stereocenters. The molecule has 0 aliphatic rings. The van der Waals surface area contributed by atoms with E-state index in [2.05, 4.69) is 9.92 Å². The summed E-state index contributed by atoms with van der Waals surface area (Å²) in [5, 5.41) is 0. The summed E-state index contributed by atoms with van der Waals surface area (Å²) in [6, 6.07) is 1.49. The Balaban J connectivity index is 2.96. The maximum absolute atomic E-state index is 10.8. The van der Waals surface area contributed by atoms with Crippen molar-refractivity contribution in [1.82, 2.24) is 9.38 Å². The van der Waals surface area contributed by atoms with E-state index in [0.29, 0.717) is 0 Å². The molecule has 0 fully saturated rings. The van der Waals surface area contributed by atoms with Gasteiger partial charge in [-0.2, -0.15) is 0 Å². The Kier molecular flexibility index (Phi) is 1.44. The molecule has 11 heavy (non-hydrogen) atoms. The molecule has 0 radical (unpaired) electrons. The van der Waals surface area contributed by atoms with Crippen molar-refractivity contribution in [3.8, 4) is 0 Å². The summed E-state index contributed by atoms with van der Waals surface area (Å²) >= 11 is 0.254. The number of aryl methyl sites for hydroxylation is 1. The molecule has 2 aromatic heterocycles. The number of rotatable bonds is 0. The summed E-state index contributed by atoms with van der Waals surface area (Å²) in [4.78, 5) is 16.8. The van der Waals surface area contributed by atoms with Gasteiger partial charge in [-0.25, -0.2) is 0 Å². The van der Waals surface area contributed by atoms with Crippen molar-refractivity contribution in [3.05, 3.63) is 33.3 Å². The minimum absolute atomic E-state index is 0.138. The van der Waals surface area contributed by atoms with Crippen molar-refractivity contribution >= 4 is 19.0 Å². The minimum atomic E-state index is -0.138. The molecule has 2 rings (SSSR count). The Morgan fingerprint density at radius 1 is 1.64 bits per heavy atom. The van der Waals surface area contributed by atoms with Crippen LogP contribution in [-0.2, 0) is 0 Å². The molecule has 0 aliphatic carbocycles. The van der Waals surface area contributed by atoms with Gasteiger partial charge in [-0.05, 0) is 0 Å². The van der Waals surface area contributed by atoms with Gasteiger partial charge in [0.05, 0.1) is 0 Å². The van der Waals surface area contributed by atoms with E-state index in [4.69, 9.17) is 0 Å². The summed E-state index contributed by atoms with van der Waals surface area (Å²) in [6.45, 7) is 2.02. The van der Waals surface area contributed by atoms with Crippen molar-refractivity contribution in [1.29, 1.82) is 0 Å². The van der Waals surface area contributed by atoms with E-state index in [1.54, 1.807) is 6.20 Å². The molecule has 0 aromatic carbocycles. The fourth-order valence-electron chi connectivity index (χ4n) is 0.934. The Labute approximate surface area is 69.1 Å². The van der Waals surface area contributed by atoms with E-state index < -0.39 is 0 Å². The SMILES string of the molecule is Cc1c[se]c2nc(=O)ccn12. The van der Waals surface area contributed by atoms with E-state index >= 15 is 0 Å². The Morgan fingerprint density at radius 2 is 2.45 bits per heavy atom. The topological polar surface area (TPSA) is 34.4 Å². The molecule has 2 heterocycles. The van der Waals surface area contributed by atoms with Gasteiger partial charge in [0.2, 0.25) is 0 Å². The zero-order chi connectivity index (χ0) is 7.84. The molecule has 0 atom stereocenters. The molecule has 3 nitrogen and oxygen atoms in total. The van der Waals surface area contributed by atoms with E-state index in [9.17, 15) is 4.79 Å². The van der Waals surface area contributed by atoms with E-state index in [-0.39, 0.29) is 20.1 Å². The molecule has 0 spiro atoms. The quantitative estimate of drug-likeness (QED) is 0.580. The third kappa shape index (κ3) is 1.04. The van der Waals surface area contributed by atoms with E-state index in [1.165, 1.54) is 11.8 Å². The summed E-state index contributed by atoms with van der Waals surface area (Å²) in [6.07, 6.45) is 1.78. The van der Waals surface area contributed by atoms with Gasteiger partial charge in [0.15, 0.2) is 0 Å². The van der Waals surface area contributed by atoms with Gasteiger partial charge in [-0.3, -0.25) is 0 Å². The summed E-state index contributed by atoms with van der Waals surface area (Å²) in [5.74, 6) is 0. The van der Waals surface area contributed by atoms with Gasteiger partial charge in [-0.15, -0.1) is 0 Å². The molecule has 0 bridgehead atoms. The van der Waals surface area contributed by atoms with Gasteiger partial charge < -0.3 is 0 Å². The average Bonchev–Trinajstić information content (AvgIpc) is 2.32. The van der Waals surface area contributed by atoms with Gasteiger partial charge in [0.25, 0.3) is 0 Å². The predicted octanol–water partition coefficient (Wildman–Crippen LogP) is 0.0599. The first-order valence-corrected chi connectivity index (χ1v) is 5.05. The van der Waals surface area contributed by atoms with Gasteiger partial charge >= 0.3 is 68.6 Å².